The van der Waals surface area contributed by atoms with Crippen molar-refractivity contribution < 1.29 is 9.84 Å². The minimum absolute atomic E-state index is 0.0697. The van der Waals surface area contributed by atoms with Gasteiger partial charge >= 0.3 is 0 Å². The van der Waals surface area contributed by atoms with Gasteiger partial charge in [-0.2, -0.15) is 5.10 Å². The molecule has 84 valence electrons. The van der Waals surface area contributed by atoms with Crippen molar-refractivity contribution in [1.29, 1.82) is 0 Å². The summed E-state index contributed by atoms with van der Waals surface area (Å²) in [5, 5.41) is 13.2. The van der Waals surface area contributed by atoms with E-state index in [4.69, 9.17) is 9.84 Å². The zero-order chi connectivity index (χ0) is 11.4. The SMILES string of the molecule is CCn1cc(Oc2cnccc2CO)cn1. The number of aliphatic hydroxyl groups is 1. The van der Waals surface area contributed by atoms with Crippen LogP contribution in [0.15, 0.2) is 30.9 Å². The maximum absolute atomic E-state index is 9.12. The van der Waals surface area contributed by atoms with Crippen molar-refractivity contribution in [3.05, 3.63) is 36.4 Å². The highest BCUT2D eigenvalue weighted by molar-refractivity contribution is 5.33. The molecule has 0 fully saturated rings. The van der Waals surface area contributed by atoms with Crippen molar-refractivity contribution in [3.63, 3.8) is 0 Å². The largest absolute Gasteiger partial charge is 0.452 e. The smallest absolute Gasteiger partial charge is 0.165 e. The third-order valence-electron chi connectivity index (χ3n) is 2.20. The van der Waals surface area contributed by atoms with Crippen molar-refractivity contribution in [3.8, 4) is 11.5 Å². The van der Waals surface area contributed by atoms with Crippen LogP contribution in [0, 0.1) is 0 Å². The van der Waals surface area contributed by atoms with Crippen LogP contribution in [0.5, 0.6) is 11.5 Å². The fraction of sp³-hybridized carbons (Fsp3) is 0.273. The highest BCUT2D eigenvalue weighted by atomic mass is 16.5. The molecule has 2 rings (SSSR count). The van der Waals surface area contributed by atoms with Gasteiger partial charge in [0, 0.05) is 18.3 Å². The summed E-state index contributed by atoms with van der Waals surface area (Å²) in [7, 11) is 0. The van der Waals surface area contributed by atoms with E-state index in [1.54, 1.807) is 35.5 Å². The van der Waals surface area contributed by atoms with Gasteiger partial charge in [-0.3, -0.25) is 9.67 Å². The van der Waals surface area contributed by atoms with Crippen LogP contribution in [-0.4, -0.2) is 19.9 Å². The summed E-state index contributed by atoms with van der Waals surface area (Å²) in [5.41, 5.74) is 0.708. The molecular formula is C11H13N3O2. The maximum Gasteiger partial charge on any atom is 0.165 e. The van der Waals surface area contributed by atoms with Crippen LogP contribution in [-0.2, 0) is 13.2 Å². The number of aromatic nitrogens is 3. The quantitative estimate of drug-likeness (QED) is 0.848. The van der Waals surface area contributed by atoms with Crippen molar-refractivity contribution in [2.75, 3.05) is 0 Å². The summed E-state index contributed by atoms with van der Waals surface area (Å²) in [5.74, 6) is 1.20. The summed E-state index contributed by atoms with van der Waals surface area (Å²) in [6, 6.07) is 1.72. The second-order valence-corrected chi connectivity index (χ2v) is 3.28. The van der Waals surface area contributed by atoms with Crippen molar-refractivity contribution in [2.24, 2.45) is 0 Å². The summed E-state index contributed by atoms with van der Waals surface area (Å²) in [6.45, 7) is 2.73. The first-order chi connectivity index (χ1) is 7.83. The molecule has 2 heterocycles. The Morgan fingerprint density at radius 2 is 2.31 bits per heavy atom. The number of hydrogen-bond acceptors (Lipinski definition) is 4. The molecule has 2 aromatic rings. The van der Waals surface area contributed by atoms with E-state index < -0.39 is 0 Å². The molecule has 0 radical (unpaired) electrons. The van der Waals surface area contributed by atoms with E-state index in [1.165, 1.54) is 0 Å². The minimum Gasteiger partial charge on any atom is -0.452 e. The van der Waals surface area contributed by atoms with E-state index in [-0.39, 0.29) is 6.61 Å². The van der Waals surface area contributed by atoms with Gasteiger partial charge in [0.2, 0.25) is 0 Å². The average molecular weight is 219 g/mol. The van der Waals surface area contributed by atoms with E-state index >= 15 is 0 Å². The van der Waals surface area contributed by atoms with E-state index in [0.717, 1.165) is 6.54 Å². The van der Waals surface area contributed by atoms with Gasteiger partial charge in [-0.05, 0) is 13.0 Å². The first-order valence-electron chi connectivity index (χ1n) is 5.07. The monoisotopic (exact) mass is 219 g/mol. The van der Waals surface area contributed by atoms with Crippen LogP contribution >= 0.6 is 0 Å². The van der Waals surface area contributed by atoms with Gasteiger partial charge in [-0.1, -0.05) is 0 Å². The second kappa shape index (κ2) is 4.76. The molecule has 5 nitrogen and oxygen atoms in total. The molecule has 5 heteroatoms. The molecule has 0 atom stereocenters. The molecule has 0 aliphatic heterocycles. The van der Waals surface area contributed by atoms with Gasteiger partial charge in [0.05, 0.1) is 25.2 Å². The van der Waals surface area contributed by atoms with E-state index in [1.807, 2.05) is 6.92 Å². The second-order valence-electron chi connectivity index (χ2n) is 3.28. The van der Waals surface area contributed by atoms with Crippen LogP contribution in [0.3, 0.4) is 0 Å². The molecule has 0 aliphatic carbocycles. The molecule has 0 unspecified atom stereocenters. The molecule has 0 amide bonds. The first kappa shape index (κ1) is 10.6. The zero-order valence-electron chi connectivity index (χ0n) is 9.00. The number of ether oxygens (including phenoxy) is 1. The van der Waals surface area contributed by atoms with Gasteiger partial charge < -0.3 is 9.84 Å². The van der Waals surface area contributed by atoms with Gasteiger partial charge in [0.1, 0.15) is 0 Å². The molecule has 1 N–H and O–H groups in total. The lowest BCUT2D eigenvalue weighted by Gasteiger charge is -2.06. The van der Waals surface area contributed by atoms with Crippen molar-refractivity contribution >= 4 is 0 Å². The fourth-order valence-electron chi connectivity index (χ4n) is 1.33. The lowest BCUT2D eigenvalue weighted by molar-refractivity contribution is 0.276. The van der Waals surface area contributed by atoms with Crippen LogP contribution in [0.25, 0.3) is 0 Å². The molecule has 2 aromatic heterocycles. The molecule has 0 aliphatic rings. The molecular weight excluding hydrogens is 206 g/mol. The molecule has 0 spiro atoms. The fourth-order valence-corrected chi connectivity index (χ4v) is 1.33. The topological polar surface area (TPSA) is 60.2 Å². The third kappa shape index (κ3) is 2.20. The Kier molecular flexibility index (Phi) is 3.16. The number of hydrogen-bond donors (Lipinski definition) is 1. The number of pyridine rings is 1. The van der Waals surface area contributed by atoms with E-state index in [0.29, 0.717) is 17.1 Å². The zero-order valence-corrected chi connectivity index (χ0v) is 9.00. The molecule has 16 heavy (non-hydrogen) atoms. The van der Waals surface area contributed by atoms with Gasteiger partial charge in [0.25, 0.3) is 0 Å². The Hall–Kier alpha value is -1.88. The summed E-state index contributed by atoms with van der Waals surface area (Å²) < 4.78 is 7.35. The molecule has 0 bridgehead atoms. The van der Waals surface area contributed by atoms with Gasteiger partial charge in [-0.25, -0.2) is 0 Å². The van der Waals surface area contributed by atoms with Crippen molar-refractivity contribution in [2.45, 2.75) is 20.1 Å². The number of aryl methyl sites for hydroxylation is 1. The van der Waals surface area contributed by atoms with Crippen LogP contribution in [0.1, 0.15) is 12.5 Å². The summed E-state index contributed by atoms with van der Waals surface area (Å²) in [4.78, 5) is 3.95. The molecule has 0 aromatic carbocycles. The summed E-state index contributed by atoms with van der Waals surface area (Å²) >= 11 is 0. The standard InChI is InChI=1S/C11H13N3O2/c1-2-14-7-10(5-13-14)16-11-6-12-4-3-9(11)8-15/h3-7,15H,2,8H2,1H3. The lowest BCUT2D eigenvalue weighted by atomic mass is 10.2. The summed E-state index contributed by atoms with van der Waals surface area (Å²) in [6.07, 6.45) is 6.63. The van der Waals surface area contributed by atoms with Crippen LogP contribution < -0.4 is 4.74 Å². The number of nitrogens with zero attached hydrogens (tertiary/aromatic N) is 3. The maximum atomic E-state index is 9.12. The predicted octanol–water partition coefficient (Wildman–Crippen LogP) is 1.58. The number of aliphatic hydroxyl groups excluding tert-OH is 1. The first-order valence-corrected chi connectivity index (χ1v) is 5.07. The van der Waals surface area contributed by atoms with Crippen LogP contribution in [0.2, 0.25) is 0 Å². The number of rotatable bonds is 4. The molecule has 0 saturated heterocycles. The highest BCUT2D eigenvalue weighted by Crippen LogP contribution is 2.23. The Morgan fingerprint density at radius 3 is 3.00 bits per heavy atom. The van der Waals surface area contributed by atoms with E-state index in [9.17, 15) is 0 Å². The Bertz CT molecular complexity index is 468. The minimum atomic E-state index is -0.0697. The predicted molar refractivity (Wildman–Crippen MR) is 58.1 cm³/mol. The van der Waals surface area contributed by atoms with Gasteiger partial charge in [-0.15, -0.1) is 0 Å². The molecule has 0 saturated carbocycles. The Morgan fingerprint density at radius 1 is 1.44 bits per heavy atom. The lowest BCUT2D eigenvalue weighted by Crippen LogP contribution is -1.93. The van der Waals surface area contributed by atoms with Crippen molar-refractivity contribution in [1.82, 2.24) is 14.8 Å². The highest BCUT2D eigenvalue weighted by Gasteiger charge is 2.05. The van der Waals surface area contributed by atoms with Crippen LogP contribution in [0.4, 0.5) is 0 Å². The average Bonchev–Trinajstić information content (AvgIpc) is 2.77. The Labute approximate surface area is 93.3 Å². The normalized spacial score (nSPS) is 10.4. The van der Waals surface area contributed by atoms with E-state index in [2.05, 4.69) is 10.1 Å². The Balaban J connectivity index is 2.19. The third-order valence-corrected chi connectivity index (χ3v) is 2.20. The van der Waals surface area contributed by atoms with Gasteiger partial charge in [0.15, 0.2) is 11.5 Å².